The van der Waals surface area contributed by atoms with Crippen molar-refractivity contribution in [1.82, 2.24) is 14.5 Å². The van der Waals surface area contributed by atoms with Gasteiger partial charge in [-0.15, -0.1) is 0 Å². The number of carbonyl (C=O) groups is 1. The Morgan fingerprint density at radius 2 is 1.82 bits per heavy atom. The Hall–Kier alpha value is -3.23. The second kappa shape index (κ2) is 7.41. The first-order valence-electron chi connectivity index (χ1n) is 9.49. The average Bonchev–Trinajstić information content (AvgIpc) is 3.08. The zero-order valence-corrected chi connectivity index (χ0v) is 16.1. The molecule has 1 aliphatic heterocycles. The Labute approximate surface area is 164 Å². The highest BCUT2D eigenvalue weighted by molar-refractivity contribution is 5.99. The first kappa shape index (κ1) is 18.1. The minimum atomic E-state index is -0.519. The van der Waals surface area contributed by atoms with Gasteiger partial charge >= 0.3 is 0 Å². The predicted molar refractivity (Wildman–Crippen MR) is 109 cm³/mol. The molecule has 0 saturated carbocycles. The summed E-state index contributed by atoms with van der Waals surface area (Å²) in [5, 5.41) is 9.81. The van der Waals surface area contributed by atoms with Crippen LogP contribution < -0.4 is 0 Å². The van der Waals surface area contributed by atoms with Gasteiger partial charge in [-0.3, -0.25) is 14.3 Å². The Bertz CT molecular complexity index is 1100. The molecule has 1 atom stereocenters. The largest absolute Gasteiger partial charge is 0.298 e. The lowest BCUT2D eigenvalue weighted by Crippen LogP contribution is -2.28. The van der Waals surface area contributed by atoms with Crippen molar-refractivity contribution in [2.75, 3.05) is 13.6 Å². The van der Waals surface area contributed by atoms with E-state index in [1.807, 2.05) is 31.3 Å². The molecule has 0 unspecified atom stereocenters. The molecule has 0 fully saturated rings. The van der Waals surface area contributed by atoms with Crippen LogP contribution in [0.15, 0.2) is 60.2 Å². The third-order valence-corrected chi connectivity index (χ3v) is 5.21. The SMILES string of the molecule is CCc1ccc(CN(C)CC2=CC(=O)n3c(nc4ccccc43)[C@@H]2C#N)cc1. The molecule has 28 heavy (non-hydrogen) atoms. The van der Waals surface area contributed by atoms with E-state index in [9.17, 15) is 10.1 Å². The van der Waals surface area contributed by atoms with Crippen LogP contribution in [0.4, 0.5) is 0 Å². The molecule has 2 aromatic carbocycles. The molecule has 0 aliphatic carbocycles. The molecule has 3 aromatic rings. The van der Waals surface area contributed by atoms with Crippen molar-refractivity contribution < 1.29 is 4.79 Å². The van der Waals surface area contributed by atoms with E-state index < -0.39 is 5.92 Å². The van der Waals surface area contributed by atoms with Crippen LogP contribution in [-0.4, -0.2) is 34.0 Å². The Morgan fingerprint density at radius 1 is 1.11 bits per heavy atom. The van der Waals surface area contributed by atoms with Gasteiger partial charge < -0.3 is 0 Å². The van der Waals surface area contributed by atoms with E-state index >= 15 is 0 Å². The Kier molecular flexibility index (Phi) is 4.81. The van der Waals surface area contributed by atoms with Crippen molar-refractivity contribution >= 4 is 16.9 Å². The number of allylic oxidation sites excluding steroid dienone is 1. The number of hydrogen-bond acceptors (Lipinski definition) is 4. The summed E-state index contributed by atoms with van der Waals surface area (Å²) in [6, 6.07) is 18.4. The summed E-state index contributed by atoms with van der Waals surface area (Å²) in [4.78, 5) is 19.5. The molecule has 4 rings (SSSR count). The van der Waals surface area contributed by atoms with E-state index in [4.69, 9.17) is 0 Å². The highest BCUT2D eigenvalue weighted by atomic mass is 16.2. The maximum Gasteiger partial charge on any atom is 0.256 e. The van der Waals surface area contributed by atoms with Crippen molar-refractivity contribution in [2.45, 2.75) is 25.8 Å². The number of para-hydroxylation sites is 2. The van der Waals surface area contributed by atoms with Gasteiger partial charge in [0.25, 0.3) is 5.91 Å². The molecular weight excluding hydrogens is 348 g/mol. The van der Waals surface area contributed by atoms with Gasteiger partial charge in [-0.2, -0.15) is 5.26 Å². The number of imidazole rings is 1. The number of hydrogen-bond donors (Lipinski definition) is 0. The molecule has 0 radical (unpaired) electrons. The molecule has 140 valence electrons. The maximum atomic E-state index is 12.8. The number of aryl methyl sites for hydroxylation is 1. The molecule has 0 saturated heterocycles. The highest BCUT2D eigenvalue weighted by Crippen LogP contribution is 2.31. The molecular formula is C23H22N4O. The number of carbonyl (C=O) groups excluding carboxylic acids is 1. The fourth-order valence-electron chi connectivity index (χ4n) is 3.78. The normalized spacial score (nSPS) is 16.1. The van der Waals surface area contributed by atoms with Crippen LogP contribution in [0.25, 0.3) is 11.0 Å². The van der Waals surface area contributed by atoms with Crippen LogP contribution in [0.5, 0.6) is 0 Å². The summed E-state index contributed by atoms with van der Waals surface area (Å²) in [5.74, 6) is -0.132. The molecule has 2 heterocycles. The van der Waals surface area contributed by atoms with E-state index in [1.165, 1.54) is 11.1 Å². The fourth-order valence-corrected chi connectivity index (χ4v) is 3.78. The number of benzene rings is 2. The fraction of sp³-hybridized carbons (Fsp3) is 0.261. The van der Waals surface area contributed by atoms with Gasteiger partial charge in [-0.25, -0.2) is 4.98 Å². The first-order chi connectivity index (χ1) is 13.6. The van der Waals surface area contributed by atoms with Crippen molar-refractivity contribution in [3.05, 3.63) is 77.1 Å². The van der Waals surface area contributed by atoms with Gasteiger partial charge in [0.2, 0.25) is 0 Å². The van der Waals surface area contributed by atoms with Crippen LogP contribution in [0, 0.1) is 11.3 Å². The molecule has 1 aliphatic rings. The van der Waals surface area contributed by atoms with E-state index in [-0.39, 0.29) is 5.91 Å². The number of rotatable bonds is 5. The summed E-state index contributed by atoms with van der Waals surface area (Å²) in [6.07, 6.45) is 2.63. The summed E-state index contributed by atoms with van der Waals surface area (Å²) in [6.45, 7) is 3.44. The summed E-state index contributed by atoms with van der Waals surface area (Å²) >= 11 is 0. The van der Waals surface area contributed by atoms with E-state index in [2.05, 4.69) is 47.1 Å². The number of aromatic nitrogens is 2. The van der Waals surface area contributed by atoms with Gasteiger partial charge in [0.15, 0.2) is 0 Å². The number of nitriles is 1. The number of likely N-dealkylation sites (N-methyl/N-ethyl adjacent to an activating group) is 1. The molecule has 0 spiro atoms. The second-order valence-electron chi connectivity index (χ2n) is 7.26. The van der Waals surface area contributed by atoms with Gasteiger partial charge in [-0.1, -0.05) is 43.3 Å². The average molecular weight is 370 g/mol. The molecule has 1 aromatic heterocycles. The summed E-state index contributed by atoms with van der Waals surface area (Å²) in [7, 11) is 2.01. The van der Waals surface area contributed by atoms with E-state index in [0.717, 1.165) is 29.6 Å². The number of fused-ring (bicyclic) bond motifs is 3. The van der Waals surface area contributed by atoms with Crippen LogP contribution in [0.1, 0.15) is 34.6 Å². The lowest BCUT2D eigenvalue weighted by Gasteiger charge is -2.24. The van der Waals surface area contributed by atoms with Crippen LogP contribution in [0.3, 0.4) is 0 Å². The highest BCUT2D eigenvalue weighted by Gasteiger charge is 2.31. The summed E-state index contributed by atoms with van der Waals surface area (Å²) < 4.78 is 1.57. The Morgan fingerprint density at radius 3 is 2.54 bits per heavy atom. The minimum absolute atomic E-state index is 0.133. The van der Waals surface area contributed by atoms with Gasteiger partial charge in [0.05, 0.1) is 17.1 Å². The third-order valence-electron chi connectivity index (χ3n) is 5.21. The quantitative estimate of drug-likeness (QED) is 0.683. The van der Waals surface area contributed by atoms with Gasteiger partial charge in [0, 0.05) is 19.2 Å². The lowest BCUT2D eigenvalue weighted by molar-refractivity contribution is 0.0963. The maximum absolute atomic E-state index is 12.8. The first-order valence-corrected chi connectivity index (χ1v) is 9.49. The van der Waals surface area contributed by atoms with Crippen molar-refractivity contribution in [1.29, 1.82) is 5.26 Å². The standard InChI is InChI=1S/C23H22N4O/c1-3-16-8-10-17(11-9-16)14-26(2)15-18-12-22(28)27-21-7-5-4-6-20(21)25-23(27)19(18)13-24/h4-12,19H,3,14-15H2,1-2H3/t19-/m1/s1. The molecule has 0 bridgehead atoms. The predicted octanol–water partition coefficient (Wildman–Crippen LogP) is 3.92. The number of nitrogens with zero attached hydrogens (tertiary/aromatic N) is 4. The topological polar surface area (TPSA) is 61.9 Å². The minimum Gasteiger partial charge on any atom is -0.298 e. The molecule has 5 heteroatoms. The van der Waals surface area contributed by atoms with Crippen molar-refractivity contribution in [2.24, 2.45) is 0 Å². The zero-order chi connectivity index (χ0) is 19.7. The Balaban J connectivity index is 1.57. The van der Waals surface area contributed by atoms with Crippen molar-refractivity contribution in [3.63, 3.8) is 0 Å². The third kappa shape index (κ3) is 3.23. The summed E-state index contributed by atoms with van der Waals surface area (Å²) in [5.41, 5.74) is 4.81. The molecule has 0 amide bonds. The molecule has 0 N–H and O–H groups in total. The van der Waals surface area contributed by atoms with E-state index in [1.54, 1.807) is 10.6 Å². The second-order valence-corrected chi connectivity index (χ2v) is 7.26. The van der Waals surface area contributed by atoms with Crippen LogP contribution in [0.2, 0.25) is 0 Å². The van der Waals surface area contributed by atoms with Crippen molar-refractivity contribution in [3.8, 4) is 6.07 Å². The van der Waals surface area contributed by atoms with Gasteiger partial charge in [0.1, 0.15) is 11.7 Å². The monoisotopic (exact) mass is 370 g/mol. The van der Waals surface area contributed by atoms with Gasteiger partial charge in [-0.05, 0) is 42.3 Å². The lowest BCUT2D eigenvalue weighted by atomic mass is 9.95. The van der Waals surface area contributed by atoms with Crippen LogP contribution >= 0.6 is 0 Å². The zero-order valence-electron chi connectivity index (χ0n) is 16.1. The van der Waals surface area contributed by atoms with Crippen LogP contribution in [-0.2, 0) is 13.0 Å². The van der Waals surface area contributed by atoms with E-state index in [0.29, 0.717) is 12.4 Å². The smallest absolute Gasteiger partial charge is 0.256 e. The molecule has 5 nitrogen and oxygen atoms in total.